The molecular formula is C15H16N2O2. The van der Waals surface area contributed by atoms with E-state index in [0.29, 0.717) is 5.92 Å². The summed E-state index contributed by atoms with van der Waals surface area (Å²) in [5.41, 5.74) is 4.62. The van der Waals surface area contributed by atoms with Crippen molar-refractivity contribution in [1.82, 2.24) is 5.43 Å². The zero-order valence-corrected chi connectivity index (χ0v) is 11.0. The fourth-order valence-electron chi connectivity index (χ4n) is 1.60. The van der Waals surface area contributed by atoms with Crippen LogP contribution in [0.15, 0.2) is 52.2 Å². The molecular weight excluding hydrogens is 240 g/mol. The van der Waals surface area contributed by atoms with Crippen LogP contribution >= 0.6 is 0 Å². The van der Waals surface area contributed by atoms with Crippen LogP contribution in [0.2, 0.25) is 0 Å². The fraction of sp³-hybridized carbons (Fsp3) is 0.200. The van der Waals surface area contributed by atoms with E-state index in [-0.39, 0.29) is 11.7 Å². The van der Waals surface area contributed by atoms with Crippen molar-refractivity contribution in [2.24, 2.45) is 5.10 Å². The van der Waals surface area contributed by atoms with Gasteiger partial charge in [-0.05, 0) is 29.2 Å². The number of nitrogens with one attached hydrogen (secondary N) is 1. The summed E-state index contributed by atoms with van der Waals surface area (Å²) in [6, 6.07) is 11.3. The third kappa shape index (κ3) is 3.55. The van der Waals surface area contributed by atoms with E-state index in [1.165, 1.54) is 11.8 Å². The predicted molar refractivity (Wildman–Crippen MR) is 74.3 cm³/mol. The summed E-state index contributed by atoms with van der Waals surface area (Å²) >= 11 is 0. The Morgan fingerprint density at radius 1 is 1.26 bits per heavy atom. The maximum absolute atomic E-state index is 11.5. The molecule has 0 unspecified atom stereocenters. The quantitative estimate of drug-likeness (QED) is 0.674. The lowest BCUT2D eigenvalue weighted by atomic mass is 10.0. The molecule has 1 aromatic heterocycles. The van der Waals surface area contributed by atoms with Crippen LogP contribution in [0.5, 0.6) is 0 Å². The van der Waals surface area contributed by atoms with Crippen LogP contribution < -0.4 is 5.43 Å². The third-order valence-corrected chi connectivity index (χ3v) is 2.73. The second-order valence-electron chi connectivity index (χ2n) is 4.50. The summed E-state index contributed by atoms with van der Waals surface area (Å²) in [7, 11) is 0. The van der Waals surface area contributed by atoms with Crippen LogP contribution in [0.25, 0.3) is 0 Å². The average Bonchev–Trinajstić information content (AvgIpc) is 2.93. The van der Waals surface area contributed by atoms with Crippen molar-refractivity contribution in [1.29, 1.82) is 0 Å². The van der Waals surface area contributed by atoms with Crippen LogP contribution in [-0.4, -0.2) is 12.1 Å². The third-order valence-electron chi connectivity index (χ3n) is 2.73. The summed E-state index contributed by atoms with van der Waals surface area (Å²) in [5.74, 6) is 0.386. The lowest BCUT2D eigenvalue weighted by Crippen LogP contribution is -2.16. The maximum Gasteiger partial charge on any atom is 0.307 e. The minimum atomic E-state index is -0.361. The number of carbonyl (C=O) groups is 1. The molecule has 1 aromatic carbocycles. The van der Waals surface area contributed by atoms with Crippen molar-refractivity contribution in [2.45, 2.75) is 19.8 Å². The number of nitrogens with zero attached hydrogens (tertiary/aromatic N) is 1. The number of hydrogen-bond donors (Lipinski definition) is 1. The molecule has 1 N–H and O–H groups in total. The molecule has 98 valence electrons. The number of benzene rings is 1. The number of carbonyl (C=O) groups excluding carboxylic acids is 1. The largest absolute Gasteiger partial charge is 0.459 e. The molecule has 2 aromatic rings. The molecule has 0 aliphatic heterocycles. The van der Waals surface area contributed by atoms with Crippen molar-refractivity contribution < 1.29 is 9.21 Å². The van der Waals surface area contributed by atoms with E-state index < -0.39 is 0 Å². The molecule has 0 bridgehead atoms. The topological polar surface area (TPSA) is 54.6 Å². The van der Waals surface area contributed by atoms with Gasteiger partial charge in [-0.25, -0.2) is 5.43 Å². The Hall–Kier alpha value is -2.36. The van der Waals surface area contributed by atoms with Gasteiger partial charge in [-0.3, -0.25) is 4.79 Å². The number of hydrogen-bond acceptors (Lipinski definition) is 3. The van der Waals surface area contributed by atoms with Gasteiger partial charge in [0.2, 0.25) is 0 Å². The van der Waals surface area contributed by atoms with E-state index in [2.05, 4.69) is 36.5 Å². The van der Waals surface area contributed by atoms with Gasteiger partial charge in [0.25, 0.3) is 0 Å². The molecule has 0 saturated heterocycles. The molecule has 0 atom stereocenters. The summed E-state index contributed by atoms with van der Waals surface area (Å²) in [6.45, 7) is 4.29. The molecule has 0 aliphatic rings. The highest BCUT2D eigenvalue weighted by molar-refractivity contribution is 5.92. The average molecular weight is 256 g/mol. The Bertz CT molecular complexity index is 554. The summed E-state index contributed by atoms with van der Waals surface area (Å²) in [5, 5.41) is 3.89. The Morgan fingerprint density at radius 2 is 2.00 bits per heavy atom. The van der Waals surface area contributed by atoms with Gasteiger partial charge in [0, 0.05) is 0 Å². The lowest BCUT2D eigenvalue weighted by molar-refractivity contribution is 0.0927. The van der Waals surface area contributed by atoms with E-state index in [9.17, 15) is 4.79 Å². The first-order valence-electron chi connectivity index (χ1n) is 6.13. The predicted octanol–water partition coefficient (Wildman–Crippen LogP) is 3.17. The van der Waals surface area contributed by atoms with Crippen LogP contribution in [0.1, 0.15) is 41.4 Å². The van der Waals surface area contributed by atoms with Gasteiger partial charge in [-0.1, -0.05) is 38.1 Å². The smallest absolute Gasteiger partial charge is 0.307 e. The van der Waals surface area contributed by atoms with Gasteiger partial charge in [0.05, 0.1) is 12.5 Å². The molecule has 2 rings (SSSR count). The van der Waals surface area contributed by atoms with Gasteiger partial charge >= 0.3 is 5.91 Å². The molecule has 0 aliphatic carbocycles. The first-order valence-corrected chi connectivity index (χ1v) is 6.13. The van der Waals surface area contributed by atoms with E-state index in [0.717, 1.165) is 5.56 Å². The summed E-state index contributed by atoms with van der Waals surface area (Å²) in [6.07, 6.45) is 3.05. The summed E-state index contributed by atoms with van der Waals surface area (Å²) in [4.78, 5) is 11.5. The monoisotopic (exact) mass is 256 g/mol. The highest BCUT2D eigenvalue weighted by Crippen LogP contribution is 2.13. The molecule has 1 heterocycles. The number of furan rings is 1. The van der Waals surface area contributed by atoms with Crippen LogP contribution in [0.3, 0.4) is 0 Å². The second-order valence-corrected chi connectivity index (χ2v) is 4.50. The highest BCUT2D eigenvalue weighted by Gasteiger charge is 2.05. The van der Waals surface area contributed by atoms with Crippen molar-refractivity contribution in [3.63, 3.8) is 0 Å². The molecule has 4 heteroatoms. The molecule has 0 saturated carbocycles. The normalized spacial score (nSPS) is 11.1. The Labute approximate surface area is 112 Å². The minimum absolute atomic E-state index is 0.243. The number of hydrazone groups is 1. The molecule has 0 radical (unpaired) electrons. The van der Waals surface area contributed by atoms with Gasteiger partial charge < -0.3 is 4.42 Å². The van der Waals surface area contributed by atoms with E-state index in [1.54, 1.807) is 18.3 Å². The van der Waals surface area contributed by atoms with Crippen molar-refractivity contribution in [3.05, 3.63) is 59.5 Å². The minimum Gasteiger partial charge on any atom is -0.459 e. The lowest BCUT2D eigenvalue weighted by Gasteiger charge is -2.04. The molecule has 4 nitrogen and oxygen atoms in total. The van der Waals surface area contributed by atoms with Crippen molar-refractivity contribution in [3.8, 4) is 0 Å². The molecule has 19 heavy (non-hydrogen) atoms. The molecule has 0 fully saturated rings. The zero-order chi connectivity index (χ0) is 13.7. The first-order chi connectivity index (χ1) is 9.16. The van der Waals surface area contributed by atoms with Crippen LogP contribution in [-0.2, 0) is 0 Å². The Morgan fingerprint density at radius 3 is 2.58 bits per heavy atom. The van der Waals surface area contributed by atoms with Crippen molar-refractivity contribution >= 4 is 12.1 Å². The first kappa shape index (κ1) is 13.1. The maximum atomic E-state index is 11.5. The van der Waals surface area contributed by atoms with Gasteiger partial charge in [0.1, 0.15) is 0 Å². The van der Waals surface area contributed by atoms with E-state index in [1.807, 2.05) is 12.1 Å². The van der Waals surface area contributed by atoms with Crippen molar-refractivity contribution in [2.75, 3.05) is 0 Å². The number of rotatable bonds is 4. The zero-order valence-electron chi connectivity index (χ0n) is 11.0. The standard InChI is InChI=1S/C15H16N2O2/c1-11(2)13-7-5-12(6-8-13)10-16-17-15(18)14-4-3-9-19-14/h3-11H,1-2H3,(H,17,18). The summed E-state index contributed by atoms with van der Waals surface area (Å²) < 4.78 is 4.95. The molecule has 0 spiro atoms. The Balaban J connectivity index is 1.94. The van der Waals surface area contributed by atoms with Gasteiger partial charge in [-0.15, -0.1) is 0 Å². The van der Waals surface area contributed by atoms with E-state index >= 15 is 0 Å². The number of amides is 1. The highest BCUT2D eigenvalue weighted by atomic mass is 16.3. The van der Waals surface area contributed by atoms with Gasteiger partial charge in [0.15, 0.2) is 5.76 Å². The van der Waals surface area contributed by atoms with E-state index in [4.69, 9.17) is 4.42 Å². The molecule has 1 amide bonds. The van der Waals surface area contributed by atoms with Crippen LogP contribution in [0, 0.1) is 0 Å². The SMILES string of the molecule is CC(C)c1ccc(C=NNC(=O)c2ccco2)cc1. The van der Waals surface area contributed by atoms with Gasteiger partial charge in [-0.2, -0.15) is 5.10 Å². The Kier molecular flexibility index (Phi) is 4.13. The second kappa shape index (κ2) is 6.00. The van der Waals surface area contributed by atoms with Crippen LogP contribution in [0.4, 0.5) is 0 Å². The fourth-order valence-corrected chi connectivity index (χ4v) is 1.60.